The highest BCUT2D eigenvalue weighted by Crippen LogP contribution is 2.12. The van der Waals surface area contributed by atoms with Crippen LogP contribution in [0.3, 0.4) is 0 Å². The monoisotopic (exact) mass is 491 g/mol. The number of amides is 1. The first-order valence-electron chi connectivity index (χ1n) is 11.7. The van der Waals surface area contributed by atoms with Gasteiger partial charge < -0.3 is 19.4 Å². The highest BCUT2D eigenvalue weighted by atomic mass is 16.5. The molecule has 0 aliphatic rings. The fraction of sp³-hybridized carbons (Fsp3) is 0.308. The number of ether oxygens (including phenoxy) is 2. The van der Waals surface area contributed by atoms with Crippen molar-refractivity contribution in [3.05, 3.63) is 92.9 Å². The van der Waals surface area contributed by atoms with Gasteiger partial charge in [0, 0.05) is 13.7 Å². The maximum Gasteiger partial charge on any atom is 0.333 e. The molecule has 0 bridgehead atoms. The van der Waals surface area contributed by atoms with Crippen molar-refractivity contribution in [3.8, 4) is 5.75 Å². The standard InChI is InChI=1S/C26H29N5O5/c1-19-7-6-10-21(15-19)36-13-11-27-22(32)17-31-25(33)23-24(28-18-29(23)12-14-35-2)30(26(31)34)16-20-8-4-3-5-9-20/h3-10,15,18H,11-14,16-17H2,1-2H3,(H,27,32). The third kappa shape index (κ3) is 5.72. The summed E-state index contributed by atoms with van der Waals surface area (Å²) in [5.74, 6) is 0.245. The lowest BCUT2D eigenvalue weighted by atomic mass is 10.2. The van der Waals surface area contributed by atoms with Gasteiger partial charge in [0.1, 0.15) is 18.9 Å². The summed E-state index contributed by atoms with van der Waals surface area (Å²) < 4.78 is 14.8. The molecule has 4 aromatic rings. The predicted molar refractivity (Wildman–Crippen MR) is 135 cm³/mol. The van der Waals surface area contributed by atoms with Crippen LogP contribution in [0, 0.1) is 6.92 Å². The molecule has 2 aromatic heterocycles. The molecule has 4 rings (SSSR count). The maximum atomic E-state index is 13.4. The molecule has 1 amide bonds. The Bertz CT molecular complexity index is 1460. The number of carbonyl (C=O) groups is 1. The average molecular weight is 492 g/mol. The van der Waals surface area contributed by atoms with E-state index in [0.717, 1.165) is 15.7 Å². The van der Waals surface area contributed by atoms with Crippen molar-refractivity contribution in [3.63, 3.8) is 0 Å². The van der Waals surface area contributed by atoms with Crippen LogP contribution >= 0.6 is 0 Å². The maximum absolute atomic E-state index is 13.4. The number of carbonyl (C=O) groups excluding carboxylic acids is 1. The van der Waals surface area contributed by atoms with Gasteiger partial charge in [-0.3, -0.25) is 14.2 Å². The summed E-state index contributed by atoms with van der Waals surface area (Å²) in [6.45, 7) is 3.00. The highest BCUT2D eigenvalue weighted by molar-refractivity contribution is 5.76. The Morgan fingerprint density at radius 3 is 2.58 bits per heavy atom. The molecule has 10 heteroatoms. The topological polar surface area (TPSA) is 109 Å². The Morgan fingerprint density at radius 2 is 1.83 bits per heavy atom. The fourth-order valence-corrected chi connectivity index (χ4v) is 3.91. The minimum absolute atomic E-state index is 0.212. The molecule has 2 aromatic carbocycles. The highest BCUT2D eigenvalue weighted by Gasteiger charge is 2.20. The first-order chi connectivity index (χ1) is 17.5. The van der Waals surface area contributed by atoms with Gasteiger partial charge in [-0.2, -0.15) is 0 Å². The first-order valence-corrected chi connectivity index (χ1v) is 11.7. The molecule has 0 atom stereocenters. The van der Waals surface area contributed by atoms with E-state index in [1.54, 1.807) is 11.7 Å². The fourth-order valence-electron chi connectivity index (χ4n) is 3.91. The quantitative estimate of drug-likeness (QED) is 0.319. The SMILES string of the molecule is COCCn1cnc2c1c(=O)n(CC(=O)NCCOc1cccc(C)c1)c(=O)n2Cc1ccccc1. The van der Waals surface area contributed by atoms with E-state index in [2.05, 4.69) is 10.3 Å². The van der Waals surface area contributed by atoms with Crippen LogP contribution in [0.4, 0.5) is 0 Å². The summed E-state index contributed by atoms with van der Waals surface area (Å²) in [6, 6.07) is 17.0. The molecule has 0 spiro atoms. The van der Waals surface area contributed by atoms with Gasteiger partial charge >= 0.3 is 5.69 Å². The van der Waals surface area contributed by atoms with E-state index in [9.17, 15) is 14.4 Å². The van der Waals surface area contributed by atoms with E-state index in [0.29, 0.717) is 18.9 Å². The van der Waals surface area contributed by atoms with Crippen LogP contribution in [-0.2, 0) is 29.2 Å². The molecule has 1 N–H and O–H groups in total. The molecule has 0 unspecified atom stereocenters. The van der Waals surface area contributed by atoms with E-state index in [4.69, 9.17) is 9.47 Å². The number of hydrogen-bond acceptors (Lipinski definition) is 6. The zero-order valence-corrected chi connectivity index (χ0v) is 20.3. The largest absolute Gasteiger partial charge is 0.492 e. The molecule has 0 radical (unpaired) electrons. The summed E-state index contributed by atoms with van der Waals surface area (Å²) in [6.07, 6.45) is 1.51. The van der Waals surface area contributed by atoms with Crippen LogP contribution < -0.4 is 21.3 Å². The van der Waals surface area contributed by atoms with Gasteiger partial charge in [0.2, 0.25) is 5.91 Å². The molecule has 10 nitrogen and oxygen atoms in total. The minimum Gasteiger partial charge on any atom is -0.492 e. The van der Waals surface area contributed by atoms with Crippen molar-refractivity contribution in [2.45, 2.75) is 26.6 Å². The summed E-state index contributed by atoms with van der Waals surface area (Å²) in [5.41, 5.74) is 1.29. The summed E-state index contributed by atoms with van der Waals surface area (Å²) in [4.78, 5) is 43.7. The third-order valence-corrected chi connectivity index (χ3v) is 5.69. The van der Waals surface area contributed by atoms with Crippen molar-refractivity contribution in [1.82, 2.24) is 24.0 Å². The second-order valence-electron chi connectivity index (χ2n) is 8.36. The number of nitrogens with one attached hydrogen (secondary N) is 1. The van der Waals surface area contributed by atoms with Crippen molar-refractivity contribution in [2.75, 3.05) is 26.9 Å². The molecular weight excluding hydrogens is 462 g/mol. The Balaban J connectivity index is 1.57. The molecule has 36 heavy (non-hydrogen) atoms. The number of aromatic nitrogens is 4. The van der Waals surface area contributed by atoms with E-state index >= 15 is 0 Å². The van der Waals surface area contributed by atoms with Gasteiger partial charge in [0.15, 0.2) is 11.2 Å². The number of imidazole rings is 1. The molecule has 2 heterocycles. The second-order valence-corrected chi connectivity index (χ2v) is 8.36. The molecule has 0 aliphatic heterocycles. The summed E-state index contributed by atoms with van der Waals surface area (Å²) in [7, 11) is 1.57. The van der Waals surface area contributed by atoms with Gasteiger partial charge in [-0.15, -0.1) is 0 Å². The number of benzene rings is 2. The van der Waals surface area contributed by atoms with Gasteiger partial charge in [-0.1, -0.05) is 42.5 Å². The first kappa shape index (κ1) is 24.9. The van der Waals surface area contributed by atoms with E-state index in [1.165, 1.54) is 10.9 Å². The predicted octanol–water partition coefficient (Wildman–Crippen LogP) is 1.56. The number of rotatable bonds is 11. The minimum atomic E-state index is -0.598. The molecule has 188 valence electrons. The zero-order chi connectivity index (χ0) is 25.5. The summed E-state index contributed by atoms with van der Waals surface area (Å²) in [5, 5.41) is 2.72. The lowest BCUT2D eigenvalue weighted by Gasteiger charge is -2.13. The number of aryl methyl sites for hydroxylation is 1. The normalized spacial score (nSPS) is 11.1. The number of nitrogens with zero attached hydrogens (tertiary/aromatic N) is 4. The van der Waals surface area contributed by atoms with Crippen molar-refractivity contribution in [2.24, 2.45) is 0 Å². The lowest BCUT2D eigenvalue weighted by Crippen LogP contribution is -2.44. The average Bonchev–Trinajstić information content (AvgIpc) is 3.30. The van der Waals surface area contributed by atoms with Crippen LogP contribution in [0.1, 0.15) is 11.1 Å². The molecular formula is C26H29N5O5. The van der Waals surface area contributed by atoms with E-state index in [-0.39, 0.29) is 30.9 Å². The Labute approximate surface area is 207 Å². The molecule has 0 fully saturated rings. The van der Waals surface area contributed by atoms with E-state index < -0.39 is 23.7 Å². The van der Waals surface area contributed by atoms with Gasteiger partial charge in [-0.25, -0.2) is 14.3 Å². The zero-order valence-electron chi connectivity index (χ0n) is 20.3. The van der Waals surface area contributed by atoms with Gasteiger partial charge in [0.05, 0.1) is 26.0 Å². The Hall–Kier alpha value is -4.18. The smallest absolute Gasteiger partial charge is 0.333 e. The summed E-state index contributed by atoms with van der Waals surface area (Å²) >= 11 is 0. The van der Waals surface area contributed by atoms with Gasteiger partial charge in [0.25, 0.3) is 5.56 Å². The van der Waals surface area contributed by atoms with Crippen LogP contribution in [-0.4, -0.2) is 51.5 Å². The van der Waals surface area contributed by atoms with Crippen LogP contribution in [0.15, 0.2) is 70.5 Å². The van der Waals surface area contributed by atoms with Crippen molar-refractivity contribution >= 4 is 17.1 Å². The molecule has 0 saturated carbocycles. The number of fused-ring (bicyclic) bond motifs is 1. The molecule has 0 aliphatic carbocycles. The lowest BCUT2D eigenvalue weighted by molar-refractivity contribution is -0.121. The molecule has 0 saturated heterocycles. The Kier molecular flexibility index (Phi) is 7.96. The van der Waals surface area contributed by atoms with Crippen molar-refractivity contribution < 1.29 is 14.3 Å². The van der Waals surface area contributed by atoms with E-state index in [1.807, 2.05) is 61.5 Å². The van der Waals surface area contributed by atoms with Crippen molar-refractivity contribution in [1.29, 1.82) is 0 Å². The second kappa shape index (κ2) is 11.5. The number of methoxy groups -OCH3 is 1. The van der Waals surface area contributed by atoms with Crippen LogP contribution in [0.25, 0.3) is 11.2 Å². The third-order valence-electron chi connectivity index (χ3n) is 5.69. The Morgan fingerprint density at radius 1 is 1.03 bits per heavy atom. The van der Waals surface area contributed by atoms with Crippen LogP contribution in [0.5, 0.6) is 5.75 Å². The number of hydrogen-bond donors (Lipinski definition) is 1. The van der Waals surface area contributed by atoms with Crippen LogP contribution in [0.2, 0.25) is 0 Å². The van der Waals surface area contributed by atoms with Gasteiger partial charge in [-0.05, 0) is 30.2 Å².